The summed E-state index contributed by atoms with van der Waals surface area (Å²) in [6.45, 7) is 4.16. The maximum Gasteiger partial charge on any atom is 0.232 e. The topological polar surface area (TPSA) is 84.9 Å². The molecule has 0 aliphatic rings. The molecule has 31 heavy (non-hydrogen) atoms. The van der Waals surface area contributed by atoms with Crippen molar-refractivity contribution in [2.75, 3.05) is 31.3 Å². The number of anilines is 1. The minimum absolute atomic E-state index is 0.114. The number of para-hydroxylation sites is 2. The van der Waals surface area contributed by atoms with E-state index in [9.17, 15) is 13.2 Å². The average molecular weight is 449 g/mol. The highest BCUT2D eigenvalue weighted by molar-refractivity contribution is 7.92. The fourth-order valence-corrected chi connectivity index (χ4v) is 4.46. The van der Waals surface area contributed by atoms with Crippen LogP contribution in [-0.2, 0) is 14.8 Å². The lowest BCUT2D eigenvalue weighted by Gasteiger charge is -2.24. The van der Waals surface area contributed by atoms with Gasteiger partial charge >= 0.3 is 0 Å². The minimum Gasteiger partial charge on any atom is -0.496 e. The zero-order valence-electron chi connectivity index (χ0n) is 18.8. The summed E-state index contributed by atoms with van der Waals surface area (Å²) < 4.78 is 36.5. The van der Waals surface area contributed by atoms with Crippen LogP contribution in [0.2, 0.25) is 0 Å². The summed E-state index contributed by atoms with van der Waals surface area (Å²) >= 11 is 0. The highest BCUT2D eigenvalue weighted by atomic mass is 32.2. The Bertz CT molecular complexity index is 991. The predicted octanol–water partition coefficient (Wildman–Crippen LogP) is 3.83. The molecule has 2 rings (SSSR count). The molecule has 0 heterocycles. The van der Waals surface area contributed by atoms with Gasteiger partial charge in [-0.05, 0) is 49.1 Å². The lowest BCUT2D eigenvalue weighted by molar-refractivity contribution is -0.121. The van der Waals surface area contributed by atoms with Gasteiger partial charge in [-0.25, -0.2) is 8.42 Å². The van der Waals surface area contributed by atoms with E-state index < -0.39 is 10.0 Å². The van der Waals surface area contributed by atoms with Crippen LogP contribution in [0.15, 0.2) is 42.5 Å². The van der Waals surface area contributed by atoms with Gasteiger partial charge in [0.15, 0.2) is 0 Å². The molecule has 1 atom stereocenters. The van der Waals surface area contributed by atoms with Crippen LogP contribution >= 0.6 is 0 Å². The normalized spacial score (nSPS) is 12.2. The van der Waals surface area contributed by atoms with Crippen molar-refractivity contribution in [2.45, 2.75) is 39.2 Å². The van der Waals surface area contributed by atoms with Crippen LogP contribution in [0.3, 0.4) is 0 Å². The van der Waals surface area contributed by atoms with Crippen LogP contribution in [0.25, 0.3) is 0 Å². The second-order valence-corrected chi connectivity index (χ2v) is 9.27. The van der Waals surface area contributed by atoms with Crippen molar-refractivity contribution in [3.63, 3.8) is 0 Å². The molecule has 2 aromatic rings. The molecule has 8 heteroatoms. The predicted molar refractivity (Wildman–Crippen MR) is 123 cm³/mol. The van der Waals surface area contributed by atoms with Crippen LogP contribution in [-0.4, -0.2) is 41.3 Å². The van der Waals surface area contributed by atoms with Gasteiger partial charge in [0.25, 0.3) is 0 Å². The number of carbonyl (C=O) groups is 1. The van der Waals surface area contributed by atoms with Gasteiger partial charge in [-0.2, -0.15) is 0 Å². The Kier molecular flexibility index (Phi) is 8.74. The maximum absolute atomic E-state index is 12.6. The molecule has 0 bridgehead atoms. The van der Waals surface area contributed by atoms with E-state index in [0.717, 1.165) is 29.6 Å². The molecule has 0 spiro atoms. The Morgan fingerprint density at radius 3 is 2.35 bits per heavy atom. The Morgan fingerprint density at radius 2 is 1.77 bits per heavy atom. The van der Waals surface area contributed by atoms with Gasteiger partial charge in [-0.1, -0.05) is 31.2 Å². The van der Waals surface area contributed by atoms with Gasteiger partial charge in [0.05, 0.1) is 32.2 Å². The molecule has 170 valence electrons. The number of aryl methyl sites for hydroxylation is 1. The van der Waals surface area contributed by atoms with Crippen molar-refractivity contribution in [1.29, 1.82) is 0 Å². The van der Waals surface area contributed by atoms with Gasteiger partial charge in [0.2, 0.25) is 15.9 Å². The summed E-state index contributed by atoms with van der Waals surface area (Å²) in [5, 5.41) is 3.05. The van der Waals surface area contributed by atoms with E-state index in [1.54, 1.807) is 31.4 Å². The molecule has 1 amide bonds. The summed E-state index contributed by atoms with van der Waals surface area (Å²) in [7, 11) is -0.391. The molecule has 0 fully saturated rings. The van der Waals surface area contributed by atoms with Crippen molar-refractivity contribution in [3.05, 3.63) is 53.6 Å². The van der Waals surface area contributed by atoms with E-state index >= 15 is 0 Å². The molecule has 0 saturated heterocycles. The van der Waals surface area contributed by atoms with Crippen molar-refractivity contribution in [3.8, 4) is 11.5 Å². The summed E-state index contributed by atoms with van der Waals surface area (Å²) in [4.78, 5) is 12.6. The Morgan fingerprint density at radius 1 is 1.10 bits per heavy atom. The lowest BCUT2D eigenvalue weighted by Crippen LogP contribution is -2.33. The monoisotopic (exact) mass is 448 g/mol. The molecule has 0 radical (unpaired) electrons. The van der Waals surface area contributed by atoms with Gasteiger partial charge in [-0.3, -0.25) is 9.10 Å². The number of hydrogen-bond donors (Lipinski definition) is 1. The number of carbonyl (C=O) groups excluding carboxylic acids is 1. The quantitative estimate of drug-likeness (QED) is 0.565. The fourth-order valence-electron chi connectivity index (χ4n) is 3.49. The van der Waals surface area contributed by atoms with Crippen LogP contribution in [0.4, 0.5) is 5.69 Å². The summed E-state index contributed by atoms with van der Waals surface area (Å²) in [6, 6.07) is 12.7. The van der Waals surface area contributed by atoms with E-state index in [4.69, 9.17) is 9.47 Å². The van der Waals surface area contributed by atoms with E-state index in [1.165, 1.54) is 11.4 Å². The van der Waals surface area contributed by atoms with Gasteiger partial charge < -0.3 is 14.8 Å². The number of ether oxygens (including phenoxy) is 2. The second-order valence-electron chi connectivity index (χ2n) is 7.37. The summed E-state index contributed by atoms with van der Waals surface area (Å²) in [5.41, 5.74) is 2.49. The fraction of sp³-hybridized carbons (Fsp3) is 0.435. The zero-order chi connectivity index (χ0) is 23.0. The number of nitrogens with one attached hydrogen (secondary N) is 1. The number of hydrogen-bond acceptors (Lipinski definition) is 5. The first-order chi connectivity index (χ1) is 14.7. The molecule has 2 aromatic carbocycles. The molecular weight excluding hydrogens is 416 g/mol. The molecule has 0 saturated carbocycles. The molecule has 7 nitrogen and oxygen atoms in total. The first-order valence-corrected chi connectivity index (χ1v) is 12.1. The van der Waals surface area contributed by atoms with Crippen LogP contribution in [0, 0.1) is 6.92 Å². The molecule has 0 aliphatic heterocycles. The third-order valence-electron chi connectivity index (χ3n) is 5.08. The number of nitrogens with zero attached hydrogens (tertiary/aromatic N) is 1. The second kappa shape index (κ2) is 11.0. The highest BCUT2D eigenvalue weighted by Gasteiger charge is 2.21. The molecule has 0 aliphatic carbocycles. The first kappa shape index (κ1) is 24.5. The highest BCUT2D eigenvalue weighted by Crippen LogP contribution is 2.30. The Hall–Kier alpha value is -2.74. The largest absolute Gasteiger partial charge is 0.496 e. The number of sulfonamides is 1. The van der Waals surface area contributed by atoms with Crippen molar-refractivity contribution in [2.24, 2.45) is 0 Å². The first-order valence-electron chi connectivity index (χ1n) is 10.3. The van der Waals surface area contributed by atoms with E-state index in [2.05, 4.69) is 5.32 Å². The SMILES string of the molecule is CC[C@H](NC(=O)CCCN(c1ccccc1OC)S(C)(=O)=O)c1ccc(OC)c(C)c1. The maximum atomic E-state index is 12.6. The molecule has 1 N–H and O–H groups in total. The van der Waals surface area contributed by atoms with E-state index in [-0.39, 0.29) is 24.9 Å². The third-order valence-corrected chi connectivity index (χ3v) is 6.26. The summed E-state index contributed by atoms with van der Waals surface area (Å²) in [6.07, 6.45) is 2.49. The smallest absolute Gasteiger partial charge is 0.232 e. The van der Waals surface area contributed by atoms with E-state index in [1.807, 2.05) is 32.0 Å². The van der Waals surface area contributed by atoms with Crippen molar-refractivity contribution >= 4 is 21.6 Å². The van der Waals surface area contributed by atoms with Gasteiger partial charge in [-0.15, -0.1) is 0 Å². The molecule has 0 unspecified atom stereocenters. The lowest BCUT2D eigenvalue weighted by atomic mass is 10.0. The molecule has 0 aromatic heterocycles. The van der Waals surface area contributed by atoms with Crippen molar-refractivity contribution in [1.82, 2.24) is 5.32 Å². The van der Waals surface area contributed by atoms with Crippen molar-refractivity contribution < 1.29 is 22.7 Å². The standard InChI is InChI=1S/C23H32N2O5S/c1-6-19(18-13-14-21(29-3)17(2)16-18)24-23(26)12-9-15-25(31(5,27)28)20-10-7-8-11-22(20)30-4/h7-8,10-11,13-14,16,19H,6,9,12,15H2,1-5H3,(H,24,26)/t19-/m0/s1. The molecular formula is C23H32N2O5S. The van der Waals surface area contributed by atoms with E-state index in [0.29, 0.717) is 17.9 Å². The van der Waals surface area contributed by atoms with Gasteiger partial charge in [0, 0.05) is 13.0 Å². The summed E-state index contributed by atoms with van der Waals surface area (Å²) in [5.74, 6) is 1.16. The zero-order valence-corrected chi connectivity index (χ0v) is 19.7. The minimum atomic E-state index is -3.52. The number of amides is 1. The number of rotatable bonds is 11. The third kappa shape index (κ3) is 6.62. The van der Waals surface area contributed by atoms with Crippen LogP contribution in [0.5, 0.6) is 11.5 Å². The van der Waals surface area contributed by atoms with Crippen LogP contribution in [0.1, 0.15) is 43.4 Å². The Labute approximate surface area is 185 Å². The van der Waals surface area contributed by atoms with Gasteiger partial charge in [0.1, 0.15) is 11.5 Å². The number of benzene rings is 2. The number of methoxy groups -OCH3 is 2. The average Bonchev–Trinajstić information content (AvgIpc) is 2.74. The van der Waals surface area contributed by atoms with Crippen LogP contribution < -0.4 is 19.1 Å². The Balaban J connectivity index is 2.02.